The highest BCUT2D eigenvalue weighted by Gasteiger charge is 2.36. The zero-order valence-corrected chi connectivity index (χ0v) is 16.5. The van der Waals surface area contributed by atoms with Gasteiger partial charge < -0.3 is 9.64 Å². The van der Waals surface area contributed by atoms with E-state index in [1.54, 1.807) is 16.7 Å². The fourth-order valence-corrected chi connectivity index (χ4v) is 3.57. The quantitative estimate of drug-likeness (QED) is 0.414. The van der Waals surface area contributed by atoms with E-state index in [0.29, 0.717) is 13.2 Å². The summed E-state index contributed by atoms with van der Waals surface area (Å²) in [6.07, 6.45) is 3.72. The summed E-state index contributed by atoms with van der Waals surface area (Å²) in [5.74, 6) is -0.712. The number of esters is 1. The first-order valence-electron chi connectivity index (χ1n) is 9.10. The molecule has 0 bridgehead atoms. The van der Waals surface area contributed by atoms with Gasteiger partial charge in [0.1, 0.15) is 0 Å². The molecule has 1 fully saturated rings. The number of carbonyl (C=O) groups excluding carboxylic acids is 2. The normalized spacial score (nSPS) is 16.6. The number of hydrogen-bond acceptors (Lipinski definition) is 5. The summed E-state index contributed by atoms with van der Waals surface area (Å²) >= 11 is 1.65. The molecule has 1 aromatic carbocycles. The zero-order chi connectivity index (χ0) is 19.2. The monoisotopic (exact) mass is 384 g/mol. The number of nitrogens with zero attached hydrogens (tertiary/aromatic N) is 2. The molecule has 1 aromatic heterocycles. The minimum absolute atomic E-state index is 0.0298. The molecule has 1 saturated heterocycles. The Morgan fingerprint density at radius 3 is 2.74 bits per heavy atom. The first kappa shape index (κ1) is 19.4. The van der Waals surface area contributed by atoms with Gasteiger partial charge in [-0.15, -0.1) is 11.8 Å². The van der Waals surface area contributed by atoms with Crippen LogP contribution in [0.25, 0.3) is 0 Å². The highest BCUT2D eigenvalue weighted by atomic mass is 32.2. The molecule has 142 valence electrons. The van der Waals surface area contributed by atoms with Crippen LogP contribution >= 0.6 is 11.8 Å². The number of thioether (sulfide) groups is 1. The van der Waals surface area contributed by atoms with E-state index in [2.05, 4.69) is 4.98 Å². The largest absolute Gasteiger partial charge is 0.465 e. The van der Waals surface area contributed by atoms with Crippen molar-refractivity contribution in [2.24, 2.45) is 5.92 Å². The van der Waals surface area contributed by atoms with Crippen LogP contribution in [-0.2, 0) is 20.7 Å². The van der Waals surface area contributed by atoms with Crippen molar-refractivity contribution in [3.8, 4) is 0 Å². The van der Waals surface area contributed by atoms with Crippen LogP contribution in [-0.4, -0.2) is 36.3 Å². The van der Waals surface area contributed by atoms with Crippen LogP contribution in [0.4, 0.5) is 5.69 Å². The van der Waals surface area contributed by atoms with Crippen molar-refractivity contribution in [3.05, 3.63) is 53.9 Å². The van der Waals surface area contributed by atoms with Gasteiger partial charge in [-0.3, -0.25) is 14.6 Å². The number of aromatic nitrogens is 1. The lowest BCUT2D eigenvalue weighted by molar-refractivity contribution is -0.148. The van der Waals surface area contributed by atoms with Crippen LogP contribution in [0.1, 0.15) is 24.2 Å². The lowest BCUT2D eigenvalue weighted by Crippen LogP contribution is -2.26. The van der Waals surface area contributed by atoms with Crippen molar-refractivity contribution in [2.75, 3.05) is 24.3 Å². The average molecular weight is 385 g/mol. The lowest BCUT2D eigenvalue weighted by atomic mass is 10.1. The van der Waals surface area contributed by atoms with Crippen LogP contribution < -0.4 is 4.90 Å². The van der Waals surface area contributed by atoms with E-state index < -0.39 is 5.92 Å². The van der Waals surface area contributed by atoms with Gasteiger partial charge in [-0.25, -0.2) is 0 Å². The summed E-state index contributed by atoms with van der Waals surface area (Å²) in [4.78, 5) is 31.9. The van der Waals surface area contributed by atoms with Gasteiger partial charge in [-0.2, -0.15) is 0 Å². The van der Waals surface area contributed by atoms with Crippen LogP contribution in [0.3, 0.4) is 0 Å². The summed E-state index contributed by atoms with van der Waals surface area (Å²) in [5.41, 5.74) is 2.82. The van der Waals surface area contributed by atoms with Crippen molar-refractivity contribution >= 4 is 29.3 Å². The minimum Gasteiger partial charge on any atom is -0.465 e. The molecule has 0 saturated carbocycles. The van der Waals surface area contributed by atoms with Crippen molar-refractivity contribution in [3.63, 3.8) is 0 Å². The Balaban J connectivity index is 1.47. The SMILES string of the molecule is CSc1ccc(N2CC(C(=O)OCCCc3cccc(C)n3)CC2=O)cc1. The third kappa shape index (κ3) is 5.10. The van der Waals surface area contributed by atoms with E-state index in [1.807, 2.05) is 55.6 Å². The number of anilines is 1. The Labute approximate surface area is 164 Å². The second kappa shape index (κ2) is 9.04. The molecule has 0 radical (unpaired) electrons. The number of hydrogen-bond donors (Lipinski definition) is 0. The highest BCUT2D eigenvalue weighted by Crippen LogP contribution is 2.27. The molecule has 0 spiro atoms. The fraction of sp³-hybridized carbons (Fsp3) is 0.381. The van der Waals surface area contributed by atoms with Crippen molar-refractivity contribution < 1.29 is 14.3 Å². The summed E-state index contributed by atoms with van der Waals surface area (Å²) in [6.45, 7) is 2.69. The van der Waals surface area contributed by atoms with E-state index >= 15 is 0 Å². The van der Waals surface area contributed by atoms with E-state index in [1.165, 1.54) is 0 Å². The molecule has 0 aliphatic carbocycles. The van der Waals surface area contributed by atoms with Crippen LogP contribution in [0, 0.1) is 12.8 Å². The molecule has 1 atom stereocenters. The van der Waals surface area contributed by atoms with Crippen LogP contribution in [0.15, 0.2) is 47.4 Å². The molecule has 5 nitrogen and oxygen atoms in total. The Bertz CT molecular complexity index is 807. The maximum absolute atomic E-state index is 12.3. The summed E-state index contributed by atoms with van der Waals surface area (Å²) in [7, 11) is 0. The first-order chi connectivity index (χ1) is 13.1. The number of pyridine rings is 1. The van der Waals surface area contributed by atoms with Gasteiger partial charge in [0.05, 0.1) is 12.5 Å². The number of amides is 1. The van der Waals surface area contributed by atoms with Crippen LogP contribution in [0.5, 0.6) is 0 Å². The molecule has 1 aliphatic heterocycles. The molecule has 27 heavy (non-hydrogen) atoms. The van der Waals surface area contributed by atoms with Gasteiger partial charge in [0, 0.05) is 34.9 Å². The molecular formula is C21H24N2O3S. The molecule has 2 aromatic rings. The summed E-state index contributed by atoms with van der Waals surface area (Å²) in [5, 5.41) is 0. The third-order valence-electron chi connectivity index (χ3n) is 4.61. The molecular weight excluding hydrogens is 360 g/mol. The van der Waals surface area contributed by atoms with Crippen molar-refractivity contribution in [1.82, 2.24) is 4.98 Å². The Morgan fingerprint density at radius 2 is 2.04 bits per heavy atom. The average Bonchev–Trinajstić information content (AvgIpc) is 3.07. The Kier molecular flexibility index (Phi) is 6.50. The van der Waals surface area contributed by atoms with E-state index in [9.17, 15) is 9.59 Å². The summed E-state index contributed by atoms with van der Waals surface area (Å²) < 4.78 is 5.40. The lowest BCUT2D eigenvalue weighted by Gasteiger charge is -2.16. The highest BCUT2D eigenvalue weighted by molar-refractivity contribution is 7.98. The van der Waals surface area contributed by atoms with Crippen LogP contribution in [0.2, 0.25) is 0 Å². The zero-order valence-electron chi connectivity index (χ0n) is 15.7. The summed E-state index contributed by atoms with van der Waals surface area (Å²) in [6, 6.07) is 13.7. The van der Waals surface area contributed by atoms with E-state index in [4.69, 9.17) is 4.74 Å². The van der Waals surface area contributed by atoms with Crippen molar-refractivity contribution in [1.29, 1.82) is 0 Å². The first-order valence-corrected chi connectivity index (χ1v) is 10.3. The van der Waals surface area contributed by atoms with Crippen molar-refractivity contribution in [2.45, 2.75) is 31.1 Å². The van der Waals surface area contributed by atoms with E-state index in [0.717, 1.165) is 34.8 Å². The van der Waals surface area contributed by atoms with Gasteiger partial charge in [0.25, 0.3) is 0 Å². The Morgan fingerprint density at radius 1 is 1.26 bits per heavy atom. The molecule has 0 N–H and O–H groups in total. The molecule has 1 amide bonds. The molecule has 1 unspecified atom stereocenters. The van der Waals surface area contributed by atoms with E-state index in [-0.39, 0.29) is 18.3 Å². The van der Waals surface area contributed by atoms with Gasteiger partial charge in [0.2, 0.25) is 5.91 Å². The number of aryl methyl sites for hydroxylation is 2. The fourth-order valence-electron chi connectivity index (χ4n) is 3.16. The van der Waals surface area contributed by atoms with Gasteiger partial charge in [-0.1, -0.05) is 6.07 Å². The third-order valence-corrected chi connectivity index (χ3v) is 5.35. The maximum Gasteiger partial charge on any atom is 0.311 e. The van der Waals surface area contributed by atoms with Gasteiger partial charge in [0.15, 0.2) is 0 Å². The Hall–Kier alpha value is -2.34. The smallest absolute Gasteiger partial charge is 0.311 e. The number of rotatable bonds is 7. The molecule has 6 heteroatoms. The second-order valence-corrected chi connectivity index (χ2v) is 7.52. The minimum atomic E-state index is -0.394. The predicted octanol–water partition coefficient (Wildman–Crippen LogP) is 3.64. The van der Waals surface area contributed by atoms with Gasteiger partial charge in [-0.05, 0) is 62.4 Å². The molecule has 3 rings (SSSR count). The molecule has 2 heterocycles. The topological polar surface area (TPSA) is 59.5 Å². The second-order valence-electron chi connectivity index (χ2n) is 6.64. The predicted molar refractivity (Wildman–Crippen MR) is 107 cm³/mol. The molecule has 1 aliphatic rings. The van der Waals surface area contributed by atoms with Gasteiger partial charge >= 0.3 is 5.97 Å². The number of ether oxygens (including phenoxy) is 1. The number of benzene rings is 1. The number of carbonyl (C=O) groups is 2. The standard InChI is InChI=1S/C21H24N2O3S/c1-15-5-3-6-17(22-15)7-4-12-26-21(25)16-13-20(24)23(14-16)18-8-10-19(27-2)11-9-18/h3,5-6,8-11,16H,4,7,12-14H2,1-2H3. The maximum atomic E-state index is 12.3.